The van der Waals surface area contributed by atoms with Gasteiger partial charge in [0, 0.05) is 12.6 Å². The molecule has 0 heterocycles. The van der Waals surface area contributed by atoms with E-state index in [9.17, 15) is 17.2 Å². The van der Waals surface area contributed by atoms with E-state index >= 15 is 0 Å². The minimum absolute atomic E-state index is 0.0157. The van der Waals surface area contributed by atoms with E-state index in [2.05, 4.69) is 5.32 Å². The van der Waals surface area contributed by atoms with Crippen LogP contribution in [0.5, 0.6) is 0 Å². The summed E-state index contributed by atoms with van der Waals surface area (Å²) in [4.78, 5) is -0.171. The summed E-state index contributed by atoms with van der Waals surface area (Å²) in [5.41, 5.74) is 0.749. The van der Waals surface area contributed by atoms with Crippen LogP contribution in [0.3, 0.4) is 0 Å². The minimum Gasteiger partial charge on any atom is -0.310 e. The number of alkyl halides is 2. The molecule has 0 unspecified atom stereocenters. The predicted octanol–water partition coefficient (Wildman–Crippen LogP) is 2.14. The van der Waals surface area contributed by atoms with E-state index in [1.54, 1.807) is 6.07 Å². The third-order valence-electron chi connectivity index (χ3n) is 2.88. The van der Waals surface area contributed by atoms with E-state index in [4.69, 9.17) is 11.6 Å². The molecule has 1 aromatic carbocycles. The molecule has 0 radical (unpaired) electrons. The van der Waals surface area contributed by atoms with Crippen molar-refractivity contribution >= 4 is 21.6 Å². The Kier molecular flexibility index (Phi) is 4.95. The van der Waals surface area contributed by atoms with Crippen LogP contribution in [0.25, 0.3) is 0 Å². The van der Waals surface area contributed by atoms with Gasteiger partial charge < -0.3 is 5.32 Å². The van der Waals surface area contributed by atoms with Gasteiger partial charge >= 0.3 is 0 Å². The zero-order valence-corrected chi connectivity index (χ0v) is 12.1. The number of sulfonamides is 1. The van der Waals surface area contributed by atoms with Gasteiger partial charge in [0.05, 0.1) is 11.6 Å². The molecular formula is C12H15ClF2N2O2S. The fourth-order valence-electron chi connectivity index (χ4n) is 1.66. The first-order chi connectivity index (χ1) is 9.38. The molecule has 8 heteroatoms. The SMILES string of the molecule is O=S(=O)(NCC(F)F)c1cc(CNC2CC2)ccc1Cl. The van der Waals surface area contributed by atoms with Gasteiger partial charge in [0.2, 0.25) is 10.0 Å². The lowest BCUT2D eigenvalue weighted by molar-refractivity contribution is 0.153. The fraction of sp³-hybridized carbons (Fsp3) is 0.500. The van der Waals surface area contributed by atoms with Gasteiger partial charge in [-0.05, 0) is 30.5 Å². The third kappa shape index (κ3) is 4.37. The van der Waals surface area contributed by atoms with Crippen molar-refractivity contribution in [2.75, 3.05) is 6.54 Å². The summed E-state index contributed by atoms with van der Waals surface area (Å²) in [7, 11) is -4.02. The van der Waals surface area contributed by atoms with Gasteiger partial charge in [-0.1, -0.05) is 17.7 Å². The molecule has 0 bridgehead atoms. The zero-order valence-electron chi connectivity index (χ0n) is 10.6. The van der Waals surface area contributed by atoms with E-state index in [1.165, 1.54) is 12.1 Å². The van der Waals surface area contributed by atoms with E-state index in [1.807, 2.05) is 4.72 Å². The van der Waals surface area contributed by atoms with Crippen LogP contribution in [0.15, 0.2) is 23.1 Å². The van der Waals surface area contributed by atoms with Gasteiger partial charge in [-0.15, -0.1) is 0 Å². The van der Waals surface area contributed by atoms with Crippen molar-refractivity contribution in [2.24, 2.45) is 0 Å². The largest absolute Gasteiger partial charge is 0.310 e. The van der Waals surface area contributed by atoms with E-state index in [0.717, 1.165) is 18.4 Å². The maximum atomic E-state index is 12.1. The van der Waals surface area contributed by atoms with Crippen molar-refractivity contribution < 1.29 is 17.2 Å². The normalized spacial score (nSPS) is 15.8. The van der Waals surface area contributed by atoms with E-state index < -0.39 is 23.0 Å². The summed E-state index contributed by atoms with van der Waals surface area (Å²) in [5.74, 6) is 0. The Bertz CT molecular complexity index is 577. The Balaban J connectivity index is 2.13. The lowest BCUT2D eigenvalue weighted by Crippen LogP contribution is -2.29. The van der Waals surface area contributed by atoms with Crippen LogP contribution in [0.1, 0.15) is 18.4 Å². The first kappa shape index (κ1) is 15.6. The molecule has 4 nitrogen and oxygen atoms in total. The minimum atomic E-state index is -4.02. The summed E-state index contributed by atoms with van der Waals surface area (Å²) in [6, 6.07) is 5.07. The number of hydrogen-bond donors (Lipinski definition) is 2. The van der Waals surface area contributed by atoms with Gasteiger partial charge in [-0.25, -0.2) is 21.9 Å². The fourth-order valence-corrected chi connectivity index (χ4v) is 3.22. The highest BCUT2D eigenvalue weighted by Gasteiger charge is 2.22. The summed E-state index contributed by atoms with van der Waals surface area (Å²) < 4.78 is 49.9. The van der Waals surface area contributed by atoms with Crippen molar-refractivity contribution in [3.05, 3.63) is 28.8 Å². The van der Waals surface area contributed by atoms with Crippen LogP contribution in [0.2, 0.25) is 5.02 Å². The average molecular weight is 325 g/mol. The molecule has 2 rings (SSSR count). The van der Waals surface area contributed by atoms with E-state index in [0.29, 0.717) is 12.6 Å². The predicted molar refractivity (Wildman–Crippen MR) is 72.5 cm³/mol. The second-order valence-corrected chi connectivity index (χ2v) is 6.81. The quantitative estimate of drug-likeness (QED) is 0.808. The van der Waals surface area contributed by atoms with Crippen molar-refractivity contribution in [3.8, 4) is 0 Å². The topological polar surface area (TPSA) is 58.2 Å². The van der Waals surface area contributed by atoms with Gasteiger partial charge in [-0.3, -0.25) is 0 Å². The van der Waals surface area contributed by atoms with Gasteiger partial charge in [-0.2, -0.15) is 0 Å². The summed E-state index contributed by atoms with van der Waals surface area (Å²) in [5, 5.41) is 3.26. The van der Waals surface area contributed by atoms with Gasteiger partial charge in [0.15, 0.2) is 0 Å². The number of halogens is 3. The first-order valence-corrected chi connectivity index (χ1v) is 8.04. The van der Waals surface area contributed by atoms with Crippen LogP contribution in [0.4, 0.5) is 8.78 Å². The lowest BCUT2D eigenvalue weighted by Gasteiger charge is -2.10. The van der Waals surface area contributed by atoms with Crippen LogP contribution in [-0.2, 0) is 16.6 Å². The molecule has 1 saturated carbocycles. The highest BCUT2D eigenvalue weighted by atomic mass is 35.5. The molecule has 0 atom stereocenters. The highest BCUT2D eigenvalue weighted by molar-refractivity contribution is 7.89. The summed E-state index contributed by atoms with van der Waals surface area (Å²) in [6.07, 6.45) is -0.508. The highest BCUT2D eigenvalue weighted by Crippen LogP contribution is 2.24. The lowest BCUT2D eigenvalue weighted by atomic mass is 10.2. The molecule has 1 aliphatic carbocycles. The number of rotatable bonds is 7. The first-order valence-electron chi connectivity index (χ1n) is 6.18. The van der Waals surface area contributed by atoms with E-state index in [-0.39, 0.29) is 9.92 Å². The Hall–Kier alpha value is -0.760. The van der Waals surface area contributed by atoms with Crippen LogP contribution in [0, 0.1) is 0 Å². The molecule has 1 aliphatic rings. The second-order valence-electron chi connectivity index (χ2n) is 4.66. The van der Waals surface area contributed by atoms with Crippen LogP contribution >= 0.6 is 11.6 Å². The van der Waals surface area contributed by atoms with Gasteiger partial charge in [0.1, 0.15) is 4.90 Å². The molecule has 2 N–H and O–H groups in total. The van der Waals surface area contributed by atoms with Crippen molar-refractivity contribution in [2.45, 2.75) is 36.7 Å². The van der Waals surface area contributed by atoms with Gasteiger partial charge in [0.25, 0.3) is 6.43 Å². The number of nitrogens with one attached hydrogen (secondary N) is 2. The third-order valence-corrected chi connectivity index (χ3v) is 4.79. The molecular weight excluding hydrogens is 310 g/mol. The van der Waals surface area contributed by atoms with Crippen LogP contribution < -0.4 is 10.0 Å². The second kappa shape index (κ2) is 6.34. The van der Waals surface area contributed by atoms with Crippen molar-refractivity contribution in [3.63, 3.8) is 0 Å². The summed E-state index contributed by atoms with van der Waals surface area (Å²) >= 11 is 5.84. The molecule has 1 fully saturated rings. The molecule has 1 aromatic rings. The maximum absolute atomic E-state index is 12.1. The molecule has 0 aliphatic heterocycles. The Morgan fingerprint density at radius 2 is 2.05 bits per heavy atom. The molecule has 0 amide bonds. The Morgan fingerprint density at radius 1 is 1.35 bits per heavy atom. The van der Waals surface area contributed by atoms with Crippen molar-refractivity contribution in [1.82, 2.24) is 10.0 Å². The van der Waals surface area contributed by atoms with Crippen LogP contribution in [-0.4, -0.2) is 27.4 Å². The molecule has 20 heavy (non-hydrogen) atoms. The molecule has 0 aromatic heterocycles. The maximum Gasteiger partial charge on any atom is 0.251 e. The number of benzene rings is 1. The molecule has 0 saturated heterocycles. The Morgan fingerprint density at radius 3 is 2.65 bits per heavy atom. The smallest absolute Gasteiger partial charge is 0.251 e. The summed E-state index contributed by atoms with van der Waals surface area (Å²) in [6.45, 7) is -0.400. The number of hydrogen-bond acceptors (Lipinski definition) is 3. The van der Waals surface area contributed by atoms with Crippen molar-refractivity contribution in [1.29, 1.82) is 0 Å². The Labute approximate surface area is 121 Å². The monoisotopic (exact) mass is 324 g/mol. The molecule has 0 spiro atoms. The molecule has 112 valence electrons. The average Bonchev–Trinajstić information content (AvgIpc) is 3.19. The standard InChI is InChI=1S/C12H15ClF2N2O2S/c13-10-4-1-8(6-16-9-2-3-9)5-11(10)20(18,19)17-7-12(14)15/h1,4-5,9,12,16-17H,2-3,6-7H2. The zero-order chi connectivity index (χ0) is 14.8.